The lowest BCUT2D eigenvalue weighted by molar-refractivity contribution is -0.131. The minimum absolute atomic E-state index is 0.314. The SMILES string of the molecule is COCCCSCC(=O)N1CCCC[C@@H]1C. The Bertz CT molecular complexity index is 211. The van der Waals surface area contributed by atoms with Gasteiger partial charge in [-0.1, -0.05) is 0 Å². The first-order chi connectivity index (χ1) is 7.75. The minimum Gasteiger partial charge on any atom is -0.385 e. The van der Waals surface area contributed by atoms with Crippen LogP contribution in [0.4, 0.5) is 0 Å². The second-order valence-electron chi connectivity index (χ2n) is 4.33. The first kappa shape index (κ1) is 13.8. The molecule has 1 aliphatic rings. The highest BCUT2D eigenvalue weighted by atomic mass is 32.2. The molecule has 0 aliphatic carbocycles. The van der Waals surface area contributed by atoms with E-state index in [9.17, 15) is 4.79 Å². The van der Waals surface area contributed by atoms with Crippen LogP contribution in [0.1, 0.15) is 32.6 Å². The van der Waals surface area contributed by atoms with Crippen molar-refractivity contribution >= 4 is 17.7 Å². The number of ether oxygens (including phenoxy) is 1. The van der Waals surface area contributed by atoms with Gasteiger partial charge in [0.1, 0.15) is 0 Å². The molecule has 0 aromatic carbocycles. The predicted octanol–water partition coefficient (Wildman–Crippen LogP) is 2.16. The van der Waals surface area contributed by atoms with E-state index in [1.54, 1.807) is 18.9 Å². The molecule has 0 saturated carbocycles. The lowest BCUT2D eigenvalue weighted by Gasteiger charge is -2.33. The second kappa shape index (κ2) is 7.96. The molecular formula is C12H23NO2S. The molecular weight excluding hydrogens is 222 g/mol. The van der Waals surface area contributed by atoms with Crippen LogP contribution in [-0.2, 0) is 9.53 Å². The lowest BCUT2D eigenvalue weighted by Crippen LogP contribution is -2.43. The number of rotatable bonds is 6. The number of amides is 1. The maximum atomic E-state index is 11.9. The summed E-state index contributed by atoms with van der Waals surface area (Å²) in [6.45, 7) is 3.91. The highest BCUT2D eigenvalue weighted by molar-refractivity contribution is 7.99. The Morgan fingerprint density at radius 2 is 2.31 bits per heavy atom. The Morgan fingerprint density at radius 1 is 1.50 bits per heavy atom. The van der Waals surface area contributed by atoms with Gasteiger partial charge in [-0.3, -0.25) is 4.79 Å². The van der Waals surface area contributed by atoms with Crippen molar-refractivity contribution in [1.29, 1.82) is 0 Å². The summed E-state index contributed by atoms with van der Waals surface area (Å²) >= 11 is 1.73. The van der Waals surface area contributed by atoms with Crippen LogP contribution in [0.3, 0.4) is 0 Å². The van der Waals surface area contributed by atoms with E-state index in [-0.39, 0.29) is 0 Å². The molecule has 0 aromatic rings. The molecule has 1 heterocycles. The quantitative estimate of drug-likeness (QED) is 0.672. The van der Waals surface area contributed by atoms with Gasteiger partial charge in [0.2, 0.25) is 5.91 Å². The van der Waals surface area contributed by atoms with E-state index >= 15 is 0 Å². The summed E-state index contributed by atoms with van der Waals surface area (Å²) in [7, 11) is 1.71. The van der Waals surface area contributed by atoms with Gasteiger partial charge in [-0.25, -0.2) is 0 Å². The Labute approximate surface area is 103 Å². The molecule has 94 valence electrons. The Morgan fingerprint density at radius 3 is 3.00 bits per heavy atom. The number of thioether (sulfide) groups is 1. The van der Waals surface area contributed by atoms with Crippen LogP contribution in [0.15, 0.2) is 0 Å². The van der Waals surface area contributed by atoms with Gasteiger partial charge in [-0.2, -0.15) is 11.8 Å². The number of hydrogen-bond acceptors (Lipinski definition) is 3. The zero-order valence-corrected chi connectivity index (χ0v) is 11.2. The number of nitrogens with zero attached hydrogens (tertiary/aromatic N) is 1. The third kappa shape index (κ3) is 4.74. The van der Waals surface area contributed by atoms with Crippen LogP contribution in [0.5, 0.6) is 0 Å². The van der Waals surface area contributed by atoms with E-state index in [0.717, 1.165) is 25.3 Å². The summed E-state index contributed by atoms with van der Waals surface area (Å²) in [5, 5.41) is 0. The molecule has 1 fully saturated rings. The fraction of sp³-hybridized carbons (Fsp3) is 0.917. The average Bonchev–Trinajstić information content (AvgIpc) is 2.29. The fourth-order valence-corrected chi connectivity index (χ4v) is 2.82. The van der Waals surface area contributed by atoms with Crippen molar-refractivity contribution in [3.8, 4) is 0 Å². The summed E-state index contributed by atoms with van der Waals surface area (Å²) in [4.78, 5) is 14.0. The number of methoxy groups -OCH3 is 1. The number of carbonyl (C=O) groups is 1. The molecule has 0 radical (unpaired) electrons. The van der Waals surface area contributed by atoms with Crippen molar-refractivity contribution in [3.63, 3.8) is 0 Å². The van der Waals surface area contributed by atoms with Gasteiger partial charge in [0.25, 0.3) is 0 Å². The first-order valence-corrected chi connectivity index (χ1v) is 7.27. The van der Waals surface area contributed by atoms with Crippen LogP contribution >= 0.6 is 11.8 Å². The lowest BCUT2D eigenvalue weighted by atomic mass is 10.0. The molecule has 1 aliphatic heterocycles. The first-order valence-electron chi connectivity index (χ1n) is 6.12. The van der Waals surface area contributed by atoms with Gasteiger partial charge in [-0.05, 0) is 38.4 Å². The molecule has 0 aromatic heterocycles. The summed E-state index contributed by atoms with van der Waals surface area (Å²) in [6.07, 6.45) is 4.64. The maximum Gasteiger partial charge on any atom is 0.232 e. The summed E-state index contributed by atoms with van der Waals surface area (Å²) in [5.41, 5.74) is 0. The van der Waals surface area contributed by atoms with E-state index in [1.165, 1.54) is 19.3 Å². The number of likely N-dealkylation sites (tertiary alicyclic amines) is 1. The van der Waals surface area contributed by atoms with Crippen molar-refractivity contribution < 1.29 is 9.53 Å². The van der Waals surface area contributed by atoms with Crippen molar-refractivity contribution in [2.24, 2.45) is 0 Å². The number of hydrogen-bond donors (Lipinski definition) is 0. The molecule has 1 saturated heterocycles. The molecule has 1 amide bonds. The number of carbonyl (C=O) groups excluding carboxylic acids is 1. The monoisotopic (exact) mass is 245 g/mol. The van der Waals surface area contributed by atoms with Crippen LogP contribution < -0.4 is 0 Å². The van der Waals surface area contributed by atoms with Crippen molar-refractivity contribution in [2.45, 2.75) is 38.6 Å². The maximum absolute atomic E-state index is 11.9. The molecule has 3 nitrogen and oxygen atoms in total. The summed E-state index contributed by atoms with van der Waals surface area (Å²) in [6, 6.07) is 0.445. The molecule has 1 rings (SSSR count). The highest BCUT2D eigenvalue weighted by Gasteiger charge is 2.22. The van der Waals surface area contributed by atoms with Crippen LogP contribution in [-0.4, -0.2) is 48.6 Å². The van der Waals surface area contributed by atoms with Crippen molar-refractivity contribution in [2.75, 3.05) is 31.8 Å². The van der Waals surface area contributed by atoms with Crippen molar-refractivity contribution in [3.05, 3.63) is 0 Å². The molecule has 0 bridgehead atoms. The predicted molar refractivity (Wildman–Crippen MR) is 68.8 cm³/mol. The van der Waals surface area contributed by atoms with Crippen molar-refractivity contribution in [1.82, 2.24) is 4.90 Å². The number of piperidine rings is 1. The van der Waals surface area contributed by atoms with Gasteiger partial charge >= 0.3 is 0 Å². The fourth-order valence-electron chi connectivity index (χ4n) is 2.02. The molecule has 16 heavy (non-hydrogen) atoms. The zero-order chi connectivity index (χ0) is 11.8. The van der Waals surface area contributed by atoms with Gasteiger partial charge in [0.15, 0.2) is 0 Å². The topological polar surface area (TPSA) is 29.5 Å². The molecule has 0 unspecified atom stereocenters. The highest BCUT2D eigenvalue weighted by Crippen LogP contribution is 2.17. The summed E-state index contributed by atoms with van der Waals surface area (Å²) < 4.78 is 4.97. The summed E-state index contributed by atoms with van der Waals surface area (Å²) in [5.74, 6) is 1.96. The molecule has 0 spiro atoms. The van der Waals surface area contributed by atoms with E-state index in [2.05, 4.69) is 6.92 Å². The van der Waals surface area contributed by atoms with Crippen LogP contribution in [0.2, 0.25) is 0 Å². The van der Waals surface area contributed by atoms with E-state index in [4.69, 9.17) is 4.74 Å². The van der Waals surface area contributed by atoms with E-state index < -0.39 is 0 Å². The Balaban J connectivity index is 2.13. The third-order valence-corrected chi connectivity index (χ3v) is 4.01. The van der Waals surface area contributed by atoms with Gasteiger partial charge in [0, 0.05) is 26.3 Å². The van der Waals surface area contributed by atoms with E-state index in [0.29, 0.717) is 17.7 Å². The van der Waals surface area contributed by atoms with Gasteiger partial charge in [0.05, 0.1) is 5.75 Å². The normalized spacial score (nSPS) is 21.1. The van der Waals surface area contributed by atoms with Gasteiger partial charge in [-0.15, -0.1) is 0 Å². The standard InChI is InChI=1S/C12H23NO2S/c1-11-6-3-4-7-13(11)12(14)10-16-9-5-8-15-2/h11H,3-10H2,1-2H3/t11-/m0/s1. The smallest absolute Gasteiger partial charge is 0.232 e. The van der Waals surface area contributed by atoms with Crippen LogP contribution in [0, 0.1) is 0 Å². The Kier molecular flexibility index (Phi) is 6.88. The minimum atomic E-state index is 0.314. The largest absolute Gasteiger partial charge is 0.385 e. The molecule has 1 atom stereocenters. The molecule has 0 N–H and O–H groups in total. The Hall–Kier alpha value is -0.220. The average molecular weight is 245 g/mol. The van der Waals surface area contributed by atoms with Crippen LogP contribution in [0.25, 0.3) is 0 Å². The molecule has 4 heteroatoms. The zero-order valence-electron chi connectivity index (χ0n) is 10.4. The van der Waals surface area contributed by atoms with E-state index in [1.807, 2.05) is 4.90 Å². The third-order valence-electron chi connectivity index (χ3n) is 2.99. The van der Waals surface area contributed by atoms with Gasteiger partial charge < -0.3 is 9.64 Å². The second-order valence-corrected chi connectivity index (χ2v) is 5.44.